The molecule has 2 rings (SSSR count). The van der Waals surface area contributed by atoms with Crippen molar-refractivity contribution in [3.8, 4) is 0 Å². The van der Waals surface area contributed by atoms with Gasteiger partial charge in [-0.25, -0.2) is 0 Å². The van der Waals surface area contributed by atoms with Gasteiger partial charge in [-0.3, -0.25) is 9.59 Å². The van der Waals surface area contributed by atoms with E-state index in [-0.39, 0.29) is 29.0 Å². The molecule has 0 amide bonds. The predicted octanol–water partition coefficient (Wildman–Crippen LogP) is 2.19. The van der Waals surface area contributed by atoms with Crippen LogP contribution in [0.25, 0.3) is 0 Å². The number of carbonyl (C=O) groups excluding carboxylic acids is 2. The van der Waals surface area contributed by atoms with E-state index in [0.29, 0.717) is 12.3 Å². The van der Waals surface area contributed by atoms with Crippen LogP contribution in [0.2, 0.25) is 0 Å². The third kappa shape index (κ3) is 2.00. The Hall–Kier alpha value is -0.860. The Morgan fingerprint density at radius 2 is 2.06 bits per heavy atom. The highest BCUT2D eigenvalue weighted by atomic mass is 16.5. The van der Waals surface area contributed by atoms with Crippen LogP contribution in [-0.2, 0) is 14.3 Å². The van der Waals surface area contributed by atoms with E-state index in [4.69, 9.17) is 4.74 Å². The van der Waals surface area contributed by atoms with Crippen molar-refractivity contribution < 1.29 is 14.3 Å². The number of rotatable bonds is 1. The number of carbonyl (C=O) groups is 2. The first-order valence-electron chi connectivity index (χ1n) is 6.03. The zero-order chi connectivity index (χ0) is 11.9. The second kappa shape index (κ2) is 3.86. The number of ketones is 1. The molecule has 2 saturated carbocycles. The van der Waals surface area contributed by atoms with Gasteiger partial charge in [0.1, 0.15) is 5.78 Å². The molecular formula is C13H20O3. The molecule has 0 bridgehead atoms. The normalized spacial score (nSPS) is 36.9. The lowest BCUT2D eigenvalue weighted by molar-refractivity contribution is -0.150. The second-order valence-electron chi connectivity index (χ2n) is 6.07. The fraction of sp³-hybridized carbons (Fsp3) is 0.846. The first-order valence-corrected chi connectivity index (χ1v) is 6.03. The van der Waals surface area contributed by atoms with Crippen LogP contribution in [0.5, 0.6) is 0 Å². The molecule has 0 aromatic rings. The number of hydrogen-bond donors (Lipinski definition) is 0. The van der Waals surface area contributed by atoms with Gasteiger partial charge in [0, 0.05) is 12.3 Å². The predicted molar refractivity (Wildman–Crippen MR) is 59.7 cm³/mol. The van der Waals surface area contributed by atoms with Crippen LogP contribution in [-0.4, -0.2) is 18.9 Å². The van der Waals surface area contributed by atoms with Gasteiger partial charge in [-0.1, -0.05) is 13.8 Å². The minimum Gasteiger partial charge on any atom is -0.469 e. The Morgan fingerprint density at radius 3 is 2.69 bits per heavy atom. The van der Waals surface area contributed by atoms with Crippen molar-refractivity contribution >= 4 is 11.8 Å². The first-order chi connectivity index (χ1) is 7.43. The highest BCUT2D eigenvalue weighted by molar-refractivity contribution is 5.88. The molecule has 3 atom stereocenters. The van der Waals surface area contributed by atoms with Crippen LogP contribution in [0.3, 0.4) is 0 Å². The van der Waals surface area contributed by atoms with Gasteiger partial charge in [0.25, 0.3) is 0 Å². The number of hydrogen-bond acceptors (Lipinski definition) is 3. The van der Waals surface area contributed by atoms with Crippen molar-refractivity contribution in [2.24, 2.45) is 23.2 Å². The van der Waals surface area contributed by atoms with Gasteiger partial charge < -0.3 is 4.74 Å². The van der Waals surface area contributed by atoms with Crippen molar-refractivity contribution in [3.63, 3.8) is 0 Å². The minimum absolute atomic E-state index is 0.187. The highest BCUT2D eigenvalue weighted by Gasteiger charge is 2.47. The van der Waals surface area contributed by atoms with Crippen molar-refractivity contribution in [1.82, 2.24) is 0 Å². The lowest BCUT2D eigenvalue weighted by atomic mass is 9.75. The first kappa shape index (κ1) is 11.6. The smallest absolute Gasteiger partial charge is 0.309 e. The lowest BCUT2D eigenvalue weighted by Gasteiger charge is -2.28. The van der Waals surface area contributed by atoms with Gasteiger partial charge >= 0.3 is 5.97 Å². The molecule has 16 heavy (non-hydrogen) atoms. The molecule has 1 unspecified atom stereocenters. The fourth-order valence-electron chi connectivity index (χ4n) is 3.51. The Bertz CT molecular complexity index is 319. The molecule has 2 aliphatic rings. The number of esters is 1. The molecular weight excluding hydrogens is 204 g/mol. The van der Waals surface area contributed by atoms with E-state index in [1.54, 1.807) is 0 Å². The number of methoxy groups -OCH3 is 1. The van der Waals surface area contributed by atoms with Gasteiger partial charge in [0.15, 0.2) is 0 Å². The van der Waals surface area contributed by atoms with E-state index in [9.17, 15) is 9.59 Å². The summed E-state index contributed by atoms with van der Waals surface area (Å²) < 4.78 is 4.75. The summed E-state index contributed by atoms with van der Waals surface area (Å²) in [5, 5.41) is 0. The third-order valence-corrected chi connectivity index (χ3v) is 4.14. The SMILES string of the molecule is COC(=O)C1CC(=O)[C@H]2CC(C)(C)C[C@H]2C1. The maximum atomic E-state index is 12.0. The average molecular weight is 224 g/mol. The van der Waals surface area contributed by atoms with Crippen LogP contribution in [0, 0.1) is 23.2 Å². The summed E-state index contributed by atoms with van der Waals surface area (Å²) in [7, 11) is 1.40. The van der Waals surface area contributed by atoms with Crippen LogP contribution in [0.15, 0.2) is 0 Å². The average Bonchev–Trinajstić information content (AvgIpc) is 2.52. The summed E-state index contributed by atoms with van der Waals surface area (Å²) in [6.45, 7) is 4.43. The summed E-state index contributed by atoms with van der Waals surface area (Å²) >= 11 is 0. The molecule has 0 aliphatic heterocycles. The van der Waals surface area contributed by atoms with Crippen molar-refractivity contribution in [2.45, 2.75) is 39.5 Å². The van der Waals surface area contributed by atoms with E-state index < -0.39 is 0 Å². The molecule has 0 spiro atoms. The van der Waals surface area contributed by atoms with E-state index in [1.807, 2.05) is 0 Å². The molecule has 2 fully saturated rings. The van der Waals surface area contributed by atoms with Gasteiger partial charge in [0.2, 0.25) is 0 Å². The summed E-state index contributed by atoms with van der Waals surface area (Å²) in [6.07, 6.45) is 3.29. The Morgan fingerprint density at radius 1 is 1.38 bits per heavy atom. The Balaban J connectivity index is 2.10. The largest absolute Gasteiger partial charge is 0.469 e. The minimum atomic E-state index is -0.212. The quantitative estimate of drug-likeness (QED) is 0.641. The fourth-order valence-corrected chi connectivity index (χ4v) is 3.51. The van der Waals surface area contributed by atoms with E-state index in [0.717, 1.165) is 19.3 Å². The molecule has 0 aromatic carbocycles. The van der Waals surface area contributed by atoms with Crippen LogP contribution >= 0.6 is 0 Å². The molecule has 0 aromatic heterocycles. The third-order valence-electron chi connectivity index (χ3n) is 4.14. The lowest BCUT2D eigenvalue weighted by Crippen LogP contribution is -2.33. The number of Topliss-reactive ketones (excluding diaryl/α,β-unsaturated/α-hetero) is 1. The monoisotopic (exact) mass is 224 g/mol. The van der Waals surface area contributed by atoms with Gasteiger partial charge in [-0.05, 0) is 30.6 Å². The molecule has 0 heterocycles. The molecule has 0 saturated heterocycles. The zero-order valence-electron chi connectivity index (χ0n) is 10.3. The number of ether oxygens (including phenoxy) is 1. The standard InChI is InChI=1S/C13H20O3/c1-13(2)6-9-4-8(12(15)16-3)5-11(14)10(9)7-13/h8-10H,4-7H2,1-3H3/t8?,9-,10+/m1/s1. The maximum absolute atomic E-state index is 12.0. The van der Waals surface area contributed by atoms with Gasteiger partial charge in [-0.2, -0.15) is 0 Å². The van der Waals surface area contributed by atoms with E-state index in [1.165, 1.54) is 7.11 Å². The molecule has 0 N–H and O–H groups in total. The topological polar surface area (TPSA) is 43.4 Å². The summed E-state index contributed by atoms with van der Waals surface area (Å²) in [5.74, 6) is 0.484. The van der Waals surface area contributed by atoms with E-state index in [2.05, 4.69) is 13.8 Å². The maximum Gasteiger partial charge on any atom is 0.309 e. The van der Waals surface area contributed by atoms with Gasteiger partial charge in [-0.15, -0.1) is 0 Å². The van der Waals surface area contributed by atoms with E-state index >= 15 is 0 Å². The summed E-state index contributed by atoms with van der Waals surface area (Å²) in [4.78, 5) is 23.5. The van der Waals surface area contributed by atoms with Crippen LogP contribution < -0.4 is 0 Å². The van der Waals surface area contributed by atoms with Crippen LogP contribution in [0.1, 0.15) is 39.5 Å². The highest BCUT2D eigenvalue weighted by Crippen LogP contribution is 2.51. The van der Waals surface area contributed by atoms with Gasteiger partial charge in [0.05, 0.1) is 13.0 Å². The van der Waals surface area contributed by atoms with Crippen LogP contribution in [0.4, 0.5) is 0 Å². The Labute approximate surface area is 96.5 Å². The molecule has 0 radical (unpaired) electrons. The summed E-state index contributed by atoms with van der Waals surface area (Å²) in [5.41, 5.74) is 0.260. The molecule has 2 aliphatic carbocycles. The van der Waals surface area contributed by atoms with Crippen molar-refractivity contribution in [1.29, 1.82) is 0 Å². The second-order valence-corrected chi connectivity index (χ2v) is 6.07. The Kier molecular flexibility index (Phi) is 2.81. The molecule has 3 heteroatoms. The zero-order valence-corrected chi connectivity index (χ0v) is 10.3. The number of fused-ring (bicyclic) bond motifs is 1. The van der Waals surface area contributed by atoms with Crippen molar-refractivity contribution in [2.75, 3.05) is 7.11 Å². The summed E-state index contributed by atoms with van der Waals surface area (Å²) in [6, 6.07) is 0. The van der Waals surface area contributed by atoms with Crippen molar-refractivity contribution in [3.05, 3.63) is 0 Å². The molecule has 90 valence electrons. The molecule has 3 nitrogen and oxygen atoms in total.